The monoisotopic (exact) mass is 420 g/mol. The minimum atomic E-state index is -3.77. The molecule has 7 heteroatoms. The number of sulfonamides is 1. The summed E-state index contributed by atoms with van der Waals surface area (Å²) in [4.78, 5) is 12.3. The Bertz CT molecular complexity index is 1160. The Labute approximate surface area is 176 Å². The topological polar surface area (TPSA) is 84.5 Å². The zero-order valence-corrected chi connectivity index (χ0v) is 17.1. The van der Waals surface area contributed by atoms with Gasteiger partial charge in [-0.25, -0.2) is 8.42 Å². The average Bonchev–Trinajstić information content (AvgIpc) is 2.77. The van der Waals surface area contributed by atoms with Crippen LogP contribution in [0.1, 0.15) is 15.9 Å². The van der Waals surface area contributed by atoms with E-state index >= 15 is 0 Å². The standard InChI is InChI=1S/C23H20N2O4S/c1-29-21-13-11-20(12-14-21)25-30(27,28)22-15-9-19(10-16-22)23(26)24-17-5-8-18-6-3-2-4-7-18/h2-4,6-7,9-16,25H,17H2,1H3,(H,24,26). The molecule has 0 bridgehead atoms. The number of carbonyl (C=O) groups excluding carboxylic acids is 1. The highest BCUT2D eigenvalue weighted by Gasteiger charge is 2.15. The molecular formula is C23H20N2O4S. The van der Waals surface area contributed by atoms with E-state index in [0.29, 0.717) is 17.0 Å². The fraction of sp³-hybridized carbons (Fsp3) is 0.0870. The van der Waals surface area contributed by atoms with Gasteiger partial charge in [-0.15, -0.1) is 0 Å². The third kappa shape index (κ3) is 5.63. The Balaban J connectivity index is 1.60. The molecule has 30 heavy (non-hydrogen) atoms. The summed E-state index contributed by atoms with van der Waals surface area (Å²) in [5, 5.41) is 2.69. The molecule has 0 fully saturated rings. The number of amides is 1. The van der Waals surface area contributed by atoms with E-state index in [1.807, 2.05) is 30.3 Å². The smallest absolute Gasteiger partial charge is 0.261 e. The molecule has 2 N–H and O–H groups in total. The summed E-state index contributed by atoms with van der Waals surface area (Å²) in [5.74, 6) is 6.12. The van der Waals surface area contributed by atoms with Gasteiger partial charge in [0.05, 0.1) is 18.6 Å². The van der Waals surface area contributed by atoms with Crippen molar-refractivity contribution in [2.24, 2.45) is 0 Å². The SMILES string of the molecule is COc1ccc(NS(=O)(=O)c2ccc(C(=O)NCC#Cc3ccccc3)cc2)cc1. The van der Waals surface area contributed by atoms with Crippen LogP contribution >= 0.6 is 0 Å². The number of hydrogen-bond acceptors (Lipinski definition) is 4. The van der Waals surface area contributed by atoms with Crippen LogP contribution in [0.25, 0.3) is 0 Å². The van der Waals surface area contributed by atoms with Crippen molar-refractivity contribution in [2.75, 3.05) is 18.4 Å². The summed E-state index contributed by atoms with van der Waals surface area (Å²) < 4.78 is 32.6. The maximum Gasteiger partial charge on any atom is 0.261 e. The zero-order valence-electron chi connectivity index (χ0n) is 16.3. The fourth-order valence-electron chi connectivity index (χ4n) is 2.55. The lowest BCUT2D eigenvalue weighted by molar-refractivity contribution is 0.0958. The molecule has 3 rings (SSSR count). The predicted molar refractivity (Wildman–Crippen MR) is 116 cm³/mol. The molecule has 0 aliphatic heterocycles. The van der Waals surface area contributed by atoms with Crippen molar-refractivity contribution >= 4 is 21.6 Å². The molecular weight excluding hydrogens is 400 g/mol. The molecule has 0 heterocycles. The van der Waals surface area contributed by atoms with Crippen molar-refractivity contribution in [1.82, 2.24) is 5.32 Å². The summed E-state index contributed by atoms with van der Waals surface area (Å²) in [5.41, 5.74) is 1.63. The zero-order chi connectivity index (χ0) is 21.4. The molecule has 0 radical (unpaired) electrons. The molecule has 152 valence electrons. The largest absolute Gasteiger partial charge is 0.497 e. The maximum atomic E-state index is 12.5. The van der Waals surface area contributed by atoms with E-state index in [9.17, 15) is 13.2 Å². The lowest BCUT2D eigenvalue weighted by Gasteiger charge is -2.09. The summed E-state index contributed by atoms with van der Waals surface area (Å²) in [7, 11) is -2.24. The van der Waals surface area contributed by atoms with Gasteiger partial charge in [-0.2, -0.15) is 0 Å². The highest BCUT2D eigenvalue weighted by molar-refractivity contribution is 7.92. The number of rotatable bonds is 6. The Morgan fingerprint density at radius 3 is 2.23 bits per heavy atom. The number of ether oxygens (including phenoxy) is 1. The number of carbonyl (C=O) groups is 1. The van der Waals surface area contributed by atoms with Crippen LogP contribution in [-0.4, -0.2) is 28.0 Å². The highest BCUT2D eigenvalue weighted by Crippen LogP contribution is 2.19. The molecule has 0 aliphatic rings. The number of methoxy groups -OCH3 is 1. The Morgan fingerprint density at radius 2 is 1.60 bits per heavy atom. The van der Waals surface area contributed by atoms with Crippen molar-refractivity contribution in [3.8, 4) is 17.6 Å². The normalized spacial score (nSPS) is 10.4. The van der Waals surface area contributed by atoms with Gasteiger partial charge in [0.15, 0.2) is 0 Å². The average molecular weight is 420 g/mol. The molecule has 0 saturated carbocycles. The first kappa shape index (κ1) is 21.0. The van der Waals surface area contributed by atoms with Crippen molar-refractivity contribution in [2.45, 2.75) is 4.90 Å². The molecule has 0 atom stereocenters. The van der Waals surface area contributed by atoms with E-state index in [1.54, 1.807) is 24.3 Å². The summed E-state index contributed by atoms with van der Waals surface area (Å²) in [6.45, 7) is 0.187. The van der Waals surface area contributed by atoms with Crippen molar-refractivity contribution in [3.05, 3.63) is 90.0 Å². The first-order valence-electron chi connectivity index (χ1n) is 9.07. The second-order valence-electron chi connectivity index (χ2n) is 6.21. The first-order chi connectivity index (χ1) is 14.5. The van der Waals surface area contributed by atoms with E-state index in [2.05, 4.69) is 21.9 Å². The van der Waals surface area contributed by atoms with E-state index < -0.39 is 10.0 Å². The van der Waals surface area contributed by atoms with Crippen LogP contribution in [0.3, 0.4) is 0 Å². The van der Waals surface area contributed by atoms with Gasteiger partial charge in [-0.3, -0.25) is 9.52 Å². The third-order valence-corrected chi connectivity index (χ3v) is 5.51. The predicted octanol–water partition coefficient (Wildman–Crippen LogP) is 3.28. The van der Waals surface area contributed by atoms with Crippen LogP contribution in [0.5, 0.6) is 5.75 Å². The van der Waals surface area contributed by atoms with Gasteiger partial charge >= 0.3 is 0 Å². The Morgan fingerprint density at radius 1 is 0.933 bits per heavy atom. The van der Waals surface area contributed by atoms with E-state index in [4.69, 9.17) is 4.74 Å². The number of benzene rings is 3. The Kier molecular flexibility index (Phi) is 6.73. The van der Waals surface area contributed by atoms with Crippen LogP contribution in [-0.2, 0) is 10.0 Å². The second kappa shape index (κ2) is 9.63. The maximum absolute atomic E-state index is 12.5. The third-order valence-electron chi connectivity index (χ3n) is 4.11. The van der Waals surface area contributed by atoms with Gasteiger partial charge in [-0.1, -0.05) is 30.0 Å². The minimum Gasteiger partial charge on any atom is -0.497 e. The molecule has 6 nitrogen and oxygen atoms in total. The quantitative estimate of drug-likeness (QED) is 0.600. The minimum absolute atomic E-state index is 0.0544. The molecule has 0 spiro atoms. The van der Waals surface area contributed by atoms with Crippen LogP contribution in [0.15, 0.2) is 83.8 Å². The van der Waals surface area contributed by atoms with E-state index in [-0.39, 0.29) is 17.3 Å². The Hall–Kier alpha value is -3.76. The summed E-state index contributed by atoms with van der Waals surface area (Å²) in [6, 6.07) is 21.7. The molecule has 3 aromatic carbocycles. The van der Waals surface area contributed by atoms with Crippen molar-refractivity contribution < 1.29 is 17.9 Å². The molecule has 0 unspecified atom stereocenters. The summed E-state index contributed by atoms with van der Waals surface area (Å²) in [6.07, 6.45) is 0. The van der Waals surface area contributed by atoms with Gasteiger partial charge in [0.25, 0.3) is 15.9 Å². The van der Waals surface area contributed by atoms with Gasteiger partial charge < -0.3 is 10.1 Å². The van der Waals surface area contributed by atoms with Gasteiger partial charge in [-0.05, 0) is 60.7 Å². The number of nitrogens with one attached hydrogen (secondary N) is 2. The van der Waals surface area contributed by atoms with Crippen LogP contribution < -0.4 is 14.8 Å². The lowest BCUT2D eigenvalue weighted by atomic mass is 10.2. The fourth-order valence-corrected chi connectivity index (χ4v) is 3.61. The molecule has 0 aliphatic carbocycles. The summed E-state index contributed by atoms with van der Waals surface area (Å²) >= 11 is 0. The van der Waals surface area contributed by atoms with Crippen molar-refractivity contribution in [3.63, 3.8) is 0 Å². The second-order valence-corrected chi connectivity index (χ2v) is 7.89. The van der Waals surface area contributed by atoms with E-state index in [0.717, 1.165) is 5.56 Å². The molecule has 1 amide bonds. The molecule has 3 aromatic rings. The number of hydrogen-bond donors (Lipinski definition) is 2. The number of anilines is 1. The van der Waals surface area contributed by atoms with Gasteiger partial charge in [0.1, 0.15) is 5.75 Å². The molecule has 0 aromatic heterocycles. The van der Waals surface area contributed by atoms with Gasteiger partial charge in [0, 0.05) is 16.8 Å². The van der Waals surface area contributed by atoms with E-state index in [1.165, 1.54) is 31.4 Å². The first-order valence-corrected chi connectivity index (χ1v) is 10.6. The van der Waals surface area contributed by atoms with Crippen LogP contribution in [0, 0.1) is 11.8 Å². The van der Waals surface area contributed by atoms with Crippen LogP contribution in [0.4, 0.5) is 5.69 Å². The molecule has 0 saturated heterocycles. The lowest BCUT2D eigenvalue weighted by Crippen LogP contribution is -2.23. The van der Waals surface area contributed by atoms with Crippen molar-refractivity contribution in [1.29, 1.82) is 0 Å². The van der Waals surface area contributed by atoms with Gasteiger partial charge in [0.2, 0.25) is 0 Å². The van der Waals surface area contributed by atoms with Crippen LogP contribution in [0.2, 0.25) is 0 Å². The highest BCUT2D eigenvalue weighted by atomic mass is 32.2.